The molecule has 1 amide bonds. The van der Waals surface area contributed by atoms with Gasteiger partial charge in [0.25, 0.3) is 5.91 Å². The summed E-state index contributed by atoms with van der Waals surface area (Å²) in [4.78, 5) is 20.8. The van der Waals surface area contributed by atoms with Gasteiger partial charge in [0.2, 0.25) is 0 Å². The highest BCUT2D eigenvalue weighted by Crippen LogP contribution is 2.11. The highest BCUT2D eigenvalue weighted by atomic mass is 19.1. The summed E-state index contributed by atoms with van der Waals surface area (Å²) < 4.78 is 12.9. The van der Waals surface area contributed by atoms with E-state index in [1.807, 2.05) is 0 Å². The molecule has 0 bridgehead atoms. The Bertz CT molecular complexity index is 376. The number of carbonyl (C=O) groups excluding carboxylic acids is 1. The third-order valence-corrected chi connectivity index (χ3v) is 2.43. The van der Waals surface area contributed by atoms with E-state index < -0.39 is 5.82 Å². The molecule has 0 saturated carbocycles. The Kier molecular flexibility index (Phi) is 3.46. The van der Waals surface area contributed by atoms with Gasteiger partial charge in [0.1, 0.15) is 5.82 Å². The maximum Gasteiger partial charge on any atom is 0.279 e. The Morgan fingerprint density at radius 1 is 1.38 bits per heavy atom. The summed E-state index contributed by atoms with van der Waals surface area (Å²) in [7, 11) is 0. The third-order valence-electron chi connectivity index (χ3n) is 2.43. The van der Waals surface area contributed by atoms with E-state index in [4.69, 9.17) is 4.84 Å². The topological polar surface area (TPSA) is 42.4 Å². The van der Waals surface area contributed by atoms with Gasteiger partial charge < -0.3 is 0 Å². The lowest BCUT2D eigenvalue weighted by Gasteiger charge is -2.18. The van der Waals surface area contributed by atoms with Gasteiger partial charge in [0.05, 0.1) is 18.4 Å². The average Bonchev–Trinajstić information content (AvgIpc) is 2.56. The third kappa shape index (κ3) is 2.55. The fraction of sp³-hybridized carbons (Fsp3) is 0.455. The first kappa shape index (κ1) is 11.0. The van der Waals surface area contributed by atoms with Crippen LogP contribution in [0.25, 0.3) is 0 Å². The van der Waals surface area contributed by atoms with Crippen molar-refractivity contribution in [1.82, 2.24) is 10.0 Å². The Morgan fingerprint density at radius 3 is 3.06 bits per heavy atom. The first-order valence-electron chi connectivity index (χ1n) is 5.33. The lowest BCUT2D eigenvalue weighted by atomic mass is 10.2. The summed E-state index contributed by atoms with van der Waals surface area (Å²) in [6, 6.07) is 1.17. The zero-order chi connectivity index (χ0) is 11.4. The summed E-state index contributed by atoms with van der Waals surface area (Å²) >= 11 is 0. The van der Waals surface area contributed by atoms with Crippen LogP contribution in [-0.2, 0) is 4.84 Å². The fourth-order valence-electron chi connectivity index (χ4n) is 1.61. The fourth-order valence-corrected chi connectivity index (χ4v) is 1.61. The molecule has 1 aliphatic heterocycles. The second kappa shape index (κ2) is 5.03. The molecule has 5 heteroatoms. The minimum Gasteiger partial charge on any atom is -0.271 e. The molecular formula is C11H13FN2O2. The van der Waals surface area contributed by atoms with Crippen LogP contribution in [0.2, 0.25) is 0 Å². The molecule has 1 saturated heterocycles. The van der Waals surface area contributed by atoms with Crippen LogP contribution in [-0.4, -0.2) is 29.1 Å². The van der Waals surface area contributed by atoms with Crippen molar-refractivity contribution >= 4 is 5.91 Å². The maximum absolute atomic E-state index is 12.9. The Balaban J connectivity index is 2.11. The van der Waals surface area contributed by atoms with Gasteiger partial charge in [-0.05, 0) is 25.3 Å². The Morgan fingerprint density at radius 2 is 2.25 bits per heavy atom. The van der Waals surface area contributed by atoms with Crippen LogP contribution in [0.1, 0.15) is 29.6 Å². The normalized spacial score (nSPS) is 16.9. The van der Waals surface area contributed by atoms with Gasteiger partial charge in [0.15, 0.2) is 0 Å². The standard InChI is InChI=1S/C11H13FN2O2/c12-10-6-9(7-13-8-10)11(15)14-4-2-1-3-5-16-14/h6-8H,1-5H2. The van der Waals surface area contributed by atoms with Crippen molar-refractivity contribution < 1.29 is 14.0 Å². The molecule has 0 unspecified atom stereocenters. The van der Waals surface area contributed by atoms with E-state index in [1.54, 1.807) is 0 Å². The molecule has 1 aromatic rings. The molecule has 0 aliphatic carbocycles. The molecule has 0 spiro atoms. The summed E-state index contributed by atoms with van der Waals surface area (Å²) in [5.41, 5.74) is 0.224. The van der Waals surface area contributed by atoms with Crippen molar-refractivity contribution in [3.63, 3.8) is 0 Å². The summed E-state index contributed by atoms with van der Waals surface area (Å²) in [6.07, 6.45) is 5.32. The minimum atomic E-state index is -0.513. The quantitative estimate of drug-likeness (QED) is 0.730. The molecular weight excluding hydrogens is 211 g/mol. The second-order valence-electron chi connectivity index (χ2n) is 3.69. The Hall–Kier alpha value is -1.49. The van der Waals surface area contributed by atoms with Crippen LogP contribution >= 0.6 is 0 Å². The first-order chi connectivity index (χ1) is 7.77. The van der Waals surface area contributed by atoms with E-state index in [-0.39, 0.29) is 11.5 Å². The number of amides is 1. The number of hydrogen-bond donors (Lipinski definition) is 0. The van der Waals surface area contributed by atoms with Crippen LogP contribution in [0.4, 0.5) is 4.39 Å². The van der Waals surface area contributed by atoms with E-state index in [2.05, 4.69) is 4.98 Å². The van der Waals surface area contributed by atoms with Gasteiger partial charge in [-0.15, -0.1) is 0 Å². The van der Waals surface area contributed by atoms with Gasteiger partial charge in [0, 0.05) is 12.7 Å². The zero-order valence-corrected chi connectivity index (χ0v) is 8.86. The molecule has 4 nitrogen and oxygen atoms in total. The summed E-state index contributed by atoms with van der Waals surface area (Å²) in [6.45, 7) is 1.09. The summed E-state index contributed by atoms with van der Waals surface area (Å²) in [5, 5.41) is 1.30. The maximum atomic E-state index is 12.9. The largest absolute Gasteiger partial charge is 0.279 e. The highest BCUT2D eigenvalue weighted by Gasteiger charge is 2.18. The van der Waals surface area contributed by atoms with Gasteiger partial charge in [-0.3, -0.25) is 14.6 Å². The number of aromatic nitrogens is 1. The Labute approximate surface area is 93.0 Å². The molecule has 2 rings (SSSR count). The zero-order valence-electron chi connectivity index (χ0n) is 8.86. The first-order valence-corrected chi connectivity index (χ1v) is 5.33. The molecule has 2 heterocycles. The second-order valence-corrected chi connectivity index (χ2v) is 3.69. The highest BCUT2D eigenvalue weighted by molar-refractivity contribution is 5.93. The van der Waals surface area contributed by atoms with Crippen molar-refractivity contribution in [3.05, 3.63) is 29.8 Å². The molecule has 0 N–H and O–H groups in total. The number of hydrogen-bond acceptors (Lipinski definition) is 3. The number of rotatable bonds is 1. The van der Waals surface area contributed by atoms with Gasteiger partial charge in [-0.2, -0.15) is 0 Å². The van der Waals surface area contributed by atoms with Crippen LogP contribution in [0, 0.1) is 5.82 Å². The van der Waals surface area contributed by atoms with E-state index in [1.165, 1.54) is 17.3 Å². The SMILES string of the molecule is O=C(c1cncc(F)c1)N1CCCCCO1. The van der Waals surface area contributed by atoms with E-state index >= 15 is 0 Å². The molecule has 0 radical (unpaired) electrons. The van der Waals surface area contributed by atoms with Gasteiger partial charge in [-0.25, -0.2) is 9.45 Å². The van der Waals surface area contributed by atoms with E-state index in [9.17, 15) is 9.18 Å². The molecule has 0 atom stereocenters. The molecule has 16 heavy (non-hydrogen) atoms. The smallest absolute Gasteiger partial charge is 0.271 e. The molecule has 1 aliphatic rings. The molecule has 86 valence electrons. The average molecular weight is 224 g/mol. The number of carbonyl (C=O) groups is 1. The predicted molar refractivity (Wildman–Crippen MR) is 55.0 cm³/mol. The number of halogens is 1. The number of hydroxylamine groups is 2. The number of pyridine rings is 1. The van der Waals surface area contributed by atoms with Crippen molar-refractivity contribution in [2.24, 2.45) is 0 Å². The molecule has 0 aromatic carbocycles. The van der Waals surface area contributed by atoms with Crippen LogP contribution in [0.3, 0.4) is 0 Å². The van der Waals surface area contributed by atoms with Crippen LogP contribution < -0.4 is 0 Å². The lowest BCUT2D eigenvalue weighted by molar-refractivity contribution is -0.115. The van der Waals surface area contributed by atoms with E-state index in [0.29, 0.717) is 13.2 Å². The molecule has 1 fully saturated rings. The monoisotopic (exact) mass is 224 g/mol. The van der Waals surface area contributed by atoms with E-state index in [0.717, 1.165) is 25.5 Å². The van der Waals surface area contributed by atoms with Crippen LogP contribution in [0.5, 0.6) is 0 Å². The summed E-state index contributed by atoms with van der Waals surface area (Å²) in [5.74, 6) is -0.838. The number of nitrogens with zero attached hydrogens (tertiary/aromatic N) is 2. The minimum absolute atomic E-state index is 0.224. The van der Waals surface area contributed by atoms with Gasteiger partial charge in [-0.1, -0.05) is 0 Å². The van der Waals surface area contributed by atoms with Crippen molar-refractivity contribution in [2.75, 3.05) is 13.2 Å². The van der Waals surface area contributed by atoms with Crippen molar-refractivity contribution in [1.29, 1.82) is 0 Å². The van der Waals surface area contributed by atoms with Crippen LogP contribution in [0.15, 0.2) is 18.5 Å². The van der Waals surface area contributed by atoms with Crippen molar-refractivity contribution in [2.45, 2.75) is 19.3 Å². The lowest BCUT2D eigenvalue weighted by Crippen LogP contribution is -2.31. The predicted octanol–water partition coefficient (Wildman–Crippen LogP) is 1.78. The van der Waals surface area contributed by atoms with Crippen molar-refractivity contribution in [3.8, 4) is 0 Å². The molecule has 1 aromatic heterocycles. The van der Waals surface area contributed by atoms with Gasteiger partial charge >= 0.3 is 0 Å².